The summed E-state index contributed by atoms with van der Waals surface area (Å²) in [6.45, 7) is 2.30. The van der Waals surface area contributed by atoms with Crippen LogP contribution in [0, 0.1) is 17.1 Å². The van der Waals surface area contributed by atoms with Crippen LogP contribution in [0.3, 0.4) is 0 Å². The summed E-state index contributed by atoms with van der Waals surface area (Å²) in [5.74, 6) is -0.302. The smallest absolute Gasteiger partial charge is 0.402 e. The Morgan fingerprint density at radius 2 is 1.43 bits per heavy atom. The molecule has 0 saturated heterocycles. The Morgan fingerprint density at radius 1 is 0.864 bits per heavy atom. The van der Waals surface area contributed by atoms with Crippen LogP contribution in [0.1, 0.15) is 127 Å². The molecule has 0 saturated carbocycles. The van der Waals surface area contributed by atoms with E-state index >= 15 is 0 Å². The predicted molar refractivity (Wildman–Crippen MR) is 177 cm³/mol. The average Bonchev–Trinajstić information content (AvgIpc) is 3.02. The number of halogens is 2. The molecule has 2 aromatic rings. The third-order valence-electron chi connectivity index (χ3n) is 7.64. The Hall–Kier alpha value is -1.94. The van der Waals surface area contributed by atoms with Gasteiger partial charge in [-0.3, -0.25) is 9.05 Å². The first-order chi connectivity index (χ1) is 21.4. The second-order valence-electron chi connectivity index (χ2n) is 11.4. The highest BCUT2D eigenvalue weighted by Gasteiger charge is 2.29. The lowest BCUT2D eigenvalue weighted by atomic mass is 10.0. The van der Waals surface area contributed by atoms with Crippen LogP contribution >= 0.6 is 19.4 Å². The molecule has 2 aromatic carbocycles. The molecule has 0 aliphatic carbocycles. The number of para-hydroxylation sites is 1. The third-order valence-corrected chi connectivity index (χ3v) is 9.29. The third kappa shape index (κ3) is 16.9. The zero-order valence-electron chi connectivity index (χ0n) is 26.7. The van der Waals surface area contributed by atoms with Crippen LogP contribution in [0.2, 0.25) is 5.02 Å². The summed E-state index contributed by atoms with van der Waals surface area (Å²) >= 11 is 6.15. The maximum atomic E-state index is 13.9. The van der Waals surface area contributed by atoms with Crippen molar-refractivity contribution in [3.63, 3.8) is 0 Å². The molecular formula is C35H52ClFNO5P. The number of phosphoric ester groups is 1. The molecule has 9 heteroatoms. The highest BCUT2D eigenvalue weighted by Crippen LogP contribution is 2.50. The molecule has 44 heavy (non-hydrogen) atoms. The normalized spacial score (nSPS) is 13.3. The van der Waals surface area contributed by atoms with Crippen LogP contribution in [0.5, 0.6) is 5.75 Å². The van der Waals surface area contributed by atoms with E-state index in [-0.39, 0.29) is 29.5 Å². The Balaban J connectivity index is 1.74. The fourth-order valence-corrected chi connectivity index (χ4v) is 6.29. The molecule has 0 fully saturated rings. The van der Waals surface area contributed by atoms with Gasteiger partial charge in [-0.15, -0.1) is 0 Å². The molecule has 0 bridgehead atoms. The Bertz CT molecular complexity index is 1140. The molecule has 0 N–H and O–H groups in total. The topological polar surface area (TPSA) is 77.8 Å². The molecule has 0 aliphatic rings. The van der Waals surface area contributed by atoms with Crippen LogP contribution in [0.15, 0.2) is 42.5 Å². The van der Waals surface area contributed by atoms with Crippen molar-refractivity contribution in [1.29, 1.82) is 5.26 Å². The molecule has 1 unspecified atom stereocenters. The van der Waals surface area contributed by atoms with Gasteiger partial charge in [0.2, 0.25) is 0 Å². The maximum absolute atomic E-state index is 13.9. The Kier molecular flexibility index (Phi) is 20.3. The number of benzene rings is 2. The average molecular weight is 652 g/mol. The molecule has 0 aliphatic heterocycles. The van der Waals surface area contributed by atoms with Gasteiger partial charge >= 0.3 is 7.82 Å². The lowest BCUT2D eigenvalue weighted by Gasteiger charge is -2.22. The summed E-state index contributed by atoms with van der Waals surface area (Å²) < 4.78 is 49.4. The molecule has 6 nitrogen and oxygen atoms in total. The predicted octanol–water partition coefficient (Wildman–Crippen LogP) is 11.7. The second kappa shape index (κ2) is 23.4. The molecule has 2 atom stereocenters. The minimum Gasteiger partial charge on any atom is -0.402 e. The van der Waals surface area contributed by atoms with E-state index in [1.807, 2.05) is 6.07 Å². The summed E-state index contributed by atoms with van der Waals surface area (Å²) in [6.07, 6.45) is 20.8. The quantitative estimate of drug-likeness (QED) is 0.0744. The monoisotopic (exact) mass is 651 g/mol. The van der Waals surface area contributed by atoms with Crippen LogP contribution in [0.4, 0.5) is 4.39 Å². The number of hydrogen-bond acceptors (Lipinski definition) is 6. The lowest BCUT2D eigenvalue weighted by molar-refractivity contribution is -0.00443. The standard InChI is InChI=1S/C35H52ClFNO5P/c1-3-4-5-6-7-8-9-10-11-12-13-14-15-16-17-18-21-33(41-28-31-24-30(27-38)25-32(37)26-31)29-42-44(39,40-2)43-35-23-20-19-22-34(35)36/h19-20,22-26,33H,3-18,21,28-29H2,1-2H3/t33-,44?/m1/s1. The minimum absolute atomic E-state index is 0.0469. The molecule has 246 valence electrons. The van der Waals surface area contributed by atoms with Crippen molar-refractivity contribution in [1.82, 2.24) is 0 Å². The summed E-state index contributed by atoms with van der Waals surface area (Å²) in [6, 6.07) is 12.7. The number of phosphoric acid groups is 1. The van der Waals surface area contributed by atoms with Gasteiger partial charge in [0.15, 0.2) is 0 Å². The van der Waals surface area contributed by atoms with E-state index in [0.29, 0.717) is 12.0 Å². The summed E-state index contributed by atoms with van der Waals surface area (Å²) in [5, 5.41) is 9.45. The van der Waals surface area contributed by atoms with E-state index in [0.717, 1.165) is 19.3 Å². The number of rotatable bonds is 26. The fraction of sp³-hybridized carbons (Fsp3) is 0.629. The van der Waals surface area contributed by atoms with Crippen molar-refractivity contribution in [3.8, 4) is 11.8 Å². The molecule has 0 amide bonds. The van der Waals surface area contributed by atoms with E-state index < -0.39 is 19.7 Å². The van der Waals surface area contributed by atoms with Gasteiger partial charge < -0.3 is 9.26 Å². The number of unbranched alkanes of at least 4 members (excludes halogenated alkanes) is 15. The van der Waals surface area contributed by atoms with Crippen LogP contribution < -0.4 is 4.52 Å². The van der Waals surface area contributed by atoms with Crippen molar-refractivity contribution < 1.29 is 27.3 Å². The number of hydrogen-bond donors (Lipinski definition) is 0. The van der Waals surface area contributed by atoms with Gasteiger partial charge in [-0.25, -0.2) is 8.96 Å². The van der Waals surface area contributed by atoms with Crippen LogP contribution in [-0.4, -0.2) is 19.8 Å². The van der Waals surface area contributed by atoms with Gasteiger partial charge in [0.25, 0.3) is 0 Å². The van der Waals surface area contributed by atoms with E-state index in [2.05, 4.69) is 6.92 Å². The highest BCUT2D eigenvalue weighted by molar-refractivity contribution is 7.48. The fourth-order valence-electron chi connectivity index (χ4n) is 5.08. The lowest BCUT2D eigenvalue weighted by Crippen LogP contribution is -2.20. The van der Waals surface area contributed by atoms with E-state index in [1.165, 1.54) is 103 Å². The number of nitrogens with zero attached hydrogens (tertiary/aromatic N) is 1. The van der Waals surface area contributed by atoms with Gasteiger partial charge in [-0.2, -0.15) is 5.26 Å². The number of nitriles is 1. The molecule has 0 heterocycles. The Morgan fingerprint density at radius 3 is 1.98 bits per heavy atom. The zero-order chi connectivity index (χ0) is 31.9. The largest absolute Gasteiger partial charge is 0.529 e. The molecule has 2 rings (SSSR count). The maximum Gasteiger partial charge on any atom is 0.529 e. The summed E-state index contributed by atoms with van der Waals surface area (Å²) in [5.41, 5.74) is 0.770. The van der Waals surface area contributed by atoms with Gasteiger partial charge in [0.05, 0.1) is 36.0 Å². The Labute approximate surface area is 270 Å². The molecule has 0 spiro atoms. The van der Waals surface area contributed by atoms with Crippen molar-refractivity contribution in [2.45, 2.75) is 129 Å². The van der Waals surface area contributed by atoms with E-state index in [9.17, 15) is 8.96 Å². The molecule has 0 aromatic heterocycles. The van der Waals surface area contributed by atoms with Gasteiger partial charge in [-0.1, -0.05) is 133 Å². The van der Waals surface area contributed by atoms with E-state index in [1.54, 1.807) is 30.3 Å². The minimum atomic E-state index is -3.96. The molecular weight excluding hydrogens is 600 g/mol. The van der Waals surface area contributed by atoms with Crippen molar-refractivity contribution in [2.75, 3.05) is 13.7 Å². The first kappa shape index (κ1) is 38.2. The van der Waals surface area contributed by atoms with Crippen LogP contribution in [0.25, 0.3) is 0 Å². The number of ether oxygens (including phenoxy) is 1. The van der Waals surface area contributed by atoms with Gasteiger partial charge in [0, 0.05) is 7.11 Å². The van der Waals surface area contributed by atoms with Crippen molar-refractivity contribution >= 4 is 19.4 Å². The first-order valence-electron chi connectivity index (χ1n) is 16.4. The molecule has 0 radical (unpaired) electrons. The van der Waals surface area contributed by atoms with Crippen molar-refractivity contribution in [2.24, 2.45) is 0 Å². The van der Waals surface area contributed by atoms with E-state index in [4.69, 9.17) is 35.2 Å². The van der Waals surface area contributed by atoms with Gasteiger partial charge in [-0.05, 0) is 42.3 Å². The highest BCUT2D eigenvalue weighted by atomic mass is 35.5. The van der Waals surface area contributed by atoms with Crippen molar-refractivity contribution in [3.05, 3.63) is 64.4 Å². The first-order valence-corrected chi connectivity index (χ1v) is 18.3. The summed E-state index contributed by atoms with van der Waals surface area (Å²) in [7, 11) is -2.71. The zero-order valence-corrected chi connectivity index (χ0v) is 28.4. The van der Waals surface area contributed by atoms with Gasteiger partial charge in [0.1, 0.15) is 11.6 Å². The second-order valence-corrected chi connectivity index (χ2v) is 13.5. The van der Waals surface area contributed by atoms with Crippen LogP contribution in [-0.2, 0) is 25.0 Å². The SMILES string of the molecule is CCCCCCCCCCCCCCCCCC[C@H](COP(=O)(OC)Oc1ccccc1Cl)OCc1cc(F)cc(C#N)c1. The summed E-state index contributed by atoms with van der Waals surface area (Å²) in [4.78, 5) is 0.